The Labute approximate surface area is 231 Å². The van der Waals surface area contributed by atoms with Gasteiger partial charge in [-0.15, -0.1) is 0 Å². The molecule has 0 bridgehead atoms. The zero-order chi connectivity index (χ0) is 27.1. The first-order valence-corrected chi connectivity index (χ1v) is 15.7. The molecule has 6 rings (SSSR count). The lowest BCUT2D eigenvalue weighted by atomic mass is 9.32. The van der Waals surface area contributed by atoms with Crippen molar-refractivity contribution >= 4 is 0 Å². The van der Waals surface area contributed by atoms with Gasteiger partial charge in [-0.05, 0) is 126 Å². The van der Waals surface area contributed by atoms with Crippen molar-refractivity contribution < 1.29 is 14.8 Å². The Hall–Kier alpha value is -1.26. The minimum absolute atomic E-state index is 0.00358. The van der Waals surface area contributed by atoms with Crippen LogP contribution in [0.1, 0.15) is 98.8 Å². The highest BCUT2D eigenvalue weighted by Crippen LogP contribution is 2.77. The quantitative estimate of drug-likeness (QED) is 0.358. The van der Waals surface area contributed by atoms with E-state index in [1.54, 1.807) is 0 Å². The number of hydrogen-bond acceptors (Lipinski definition) is 3. The molecule has 5 fully saturated rings. The Bertz CT molecular complexity index is 1070. The predicted octanol–water partition coefficient (Wildman–Crippen LogP) is 6.36. The van der Waals surface area contributed by atoms with Crippen LogP contribution >= 0.6 is 0 Å². The second-order valence-electron chi connectivity index (χ2n) is 15.8. The predicted molar refractivity (Wildman–Crippen MR) is 151 cm³/mol. The molecule has 2 N–H and O–H groups in total. The highest BCUT2D eigenvalue weighted by atomic mass is 16.3. The molecular weight excluding hydrogens is 468 g/mol. The standard InChI is InChI=1S/C34H53N2O2/c1-23(21-36-19-17-35-18-20-36)24-9-14-34(22-37)16-15-32(5)25(29(24)34)7-8-27-31(4)12-11-28(38)30(2,3)26(31)10-13-33(27,32)6/h17-20,24-29,37-38H,1,7-16,21-22H2,2-6H3/q+1/t24?,25?,26?,27?,28-,29?,31-,32+,33+,34+/m0/s1. The van der Waals surface area contributed by atoms with Gasteiger partial charge in [0.15, 0.2) is 18.9 Å². The minimum atomic E-state index is -0.166. The van der Waals surface area contributed by atoms with Crippen molar-refractivity contribution in [2.45, 2.75) is 111 Å². The van der Waals surface area contributed by atoms with Gasteiger partial charge in [-0.25, -0.2) is 0 Å². The summed E-state index contributed by atoms with van der Waals surface area (Å²) in [7, 11) is 0. The first-order chi connectivity index (χ1) is 17.9. The molecule has 5 unspecified atom stereocenters. The maximum Gasteiger partial charge on any atom is 0.187 e. The van der Waals surface area contributed by atoms with E-state index >= 15 is 0 Å². The number of rotatable bonds is 4. The van der Waals surface area contributed by atoms with Crippen LogP contribution in [0.5, 0.6) is 0 Å². The maximum atomic E-state index is 11.0. The highest BCUT2D eigenvalue weighted by molar-refractivity contribution is 5.21. The van der Waals surface area contributed by atoms with Gasteiger partial charge in [0.1, 0.15) is 0 Å². The number of aliphatic hydroxyl groups excluding tert-OH is 2. The fourth-order valence-corrected chi connectivity index (χ4v) is 12.3. The van der Waals surface area contributed by atoms with Crippen molar-refractivity contribution in [2.24, 2.45) is 56.7 Å². The van der Waals surface area contributed by atoms with Crippen LogP contribution in [0.2, 0.25) is 0 Å². The Kier molecular flexibility index (Phi) is 6.29. The first kappa shape index (κ1) is 26.9. The van der Waals surface area contributed by atoms with E-state index in [0.717, 1.165) is 25.3 Å². The molecule has 0 spiro atoms. The van der Waals surface area contributed by atoms with E-state index in [1.807, 2.05) is 12.4 Å². The van der Waals surface area contributed by atoms with Crippen LogP contribution in [0.3, 0.4) is 0 Å². The number of fused-ring (bicyclic) bond motifs is 7. The molecule has 0 saturated heterocycles. The van der Waals surface area contributed by atoms with Crippen LogP contribution in [0, 0.1) is 56.7 Å². The van der Waals surface area contributed by atoms with E-state index in [0.29, 0.717) is 46.5 Å². The largest absolute Gasteiger partial charge is 0.396 e. The van der Waals surface area contributed by atoms with E-state index < -0.39 is 0 Å². The van der Waals surface area contributed by atoms with Crippen LogP contribution in [0.15, 0.2) is 36.9 Å². The molecule has 1 aromatic heterocycles. The minimum Gasteiger partial charge on any atom is -0.396 e. The molecule has 38 heavy (non-hydrogen) atoms. The summed E-state index contributed by atoms with van der Waals surface area (Å²) >= 11 is 0. The lowest BCUT2D eigenvalue weighted by Gasteiger charge is -2.73. The molecule has 0 radical (unpaired) electrons. The fraction of sp³-hybridized carbons (Fsp3) is 0.824. The monoisotopic (exact) mass is 521 g/mol. The Morgan fingerprint density at radius 2 is 1.61 bits per heavy atom. The van der Waals surface area contributed by atoms with E-state index in [1.165, 1.54) is 56.9 Å². The third-order valence-corrected chi connectivity index (χ3v) is 14.5. The lowest BCUT2D eigenvalue weighted by molar-refractivity contribution is -0.690. The normalized spacial score (nSPS) is 49.3. The third kappa shape index (κ3) is 3.47. The van der Waals surface area contributed by atoms with Crippen LogP contribution in [0.25, 0.3) is 0 Å². The van der Waals surface area contributed by atoms with Gasteiger partial charge in [0.25, 0.3) is 0 Å². The summed E-state index contributed by atoms with van der Waals surface area (Å²) < 4.78 is 2.22. The molecule has 1 aromatic rings. The van der Waals surface area contributed by atoms with Crippen LogP contribution in [-0.2, 0) is 6.54 Å². The molecule has 0 amide bonds. The summed E-state index contributed by atoms with van der Waals surface area (Å²) in [4.78, 5) is 4.20. The van der Waals surface area contributed by atoms with Gasteiger partial charge in [-0.3, -0.25) is 4.98 Å². The van der Waals surface area contributed by atoms with Crippen molar-refractivity contribution in [3.05, 3.63) is 36.9 Å². The zero-order valence-electron chi connectivity index (χ0n) is 24.8. The van der Waals surface area contributed by atoms with Crippen molar-refractivity contribution in [3.63, 3.8) is 0 Å². The summed E-state index contributed by atoms with van der Waals surface area (Å²) in [5.41, 5.74) is 2.34. The van der Waals surface area contributed by atoms with Crippen molar-refractivity contribution in [1.29, 1.82) is 0 Å². The summed E-state index contributed by atoms with van der Waals surface area (Å²) in [6, 6.07) is 0. The lowest BCUT2D eigenvalue weighted by Crippen LogP contribution is -2.66. The molecule has 5 saturated carbocycles. The topological polar surface area (TPSA) is 57.2 Å². The molecule has 210 valence electrons. The third-order valence-electron chi connectivity index (χ3n) is 14.5. The highest BCUT2D eigenvalue weighted by Gasteiger charge is 2.70. The zero-order valence-corrected chi connectivity index (χ0v) is 24.8. The van der Waals surface area contributed by atoms with E-state index in [9.17, 15) is 10.2 Å². The molecule has 5 aliphatic carbocycles. The smallest absolute Gasteiger partial charge is 0.187 e. The first-order valence-electron chi connectivity index (χ1n) is 15.7. The van der Waals surface area contributed by atoms with E-state index in [-0.39, 0.29) is 16.9 Å². The summed E-state index contributed by atoms with van der Waals surface area (Å²) in [5.74, 6) is 3.00. The van der Waals surface area contributed by atoms with Gasteiger partial charge in [0, 0.05) is 6.61 Å². The second kappa shape index (κ2) is 8.87. The molecule has 4 nitrogen and oxygen atoms in total. The van der Waals surface area contributed by atoms with Crippen molar-refractivity contribution in [1.82, 2.24) is 4.98 Å². The maximum absolute atomic E-state index is 11.0. The summed E-state index contributed by atoms with van der Waals surface area (Å²) in [5, 5.41) is 21.9. The number of allylic oxidation sites excluding steroid dienone is 1. The van der Waals surface area contributed by atoms with E-state index in [2.05, 4.69) is 63.1 Å². The van der Waals surface area contributed by atoms with Gasteiger partial charge < -0.3 is 10.2 Å². The molecule has 5 aliphatic rings. The number of aromatic nitrogens is 2. The van der Waals surface area contributed by atoms with Crippen LogP contribution < -0.4 is 4.57 Å². The summed E-state index contributed by atoms with van der Waals surface area (Å²) in [6.07, 6.45) is 19.7. The SMILES string of the molecule is C=C(C[n+]1ccncc1)C1CC[C@]2(CO)CC[C@]3(C)C(CCC4[C@@]5(C)CC[C@H](O)C(C)(C)C5CC[C@]43C)C12. The van der Waals surface area contributed by atoms with Crippen molar-refractivity contribution in [3.8, 4) is 0 Å². The molecule has 1 heterocycles. The van der Waals surface area contributed by atoms with Crippen LogP contribution in [-0.4, -0.2) is 27.9 Å². The summed E-state index contributed by atoms with van der Waals surface area (Å²) in [6.45, 7) is 18.5. The Morgan fingerprint density at radius 3 is 2.32 bits per heavy atom. The molecule has 0 aromatic carbocycles. The number of aliphatic hydroxyl groups is 2. The second-order valence-corrected chi connectivity index (χ2v) is 15.8. The average Bonchev–Trinajstić information content (AvgIpc) is 3.28. The van der Waals surface area contributed by atoms with Gasteiger partial charge in [0.2, 0.25) is 0 Å². The fourth-order valence-electron chi connectivity index (χ4n) is 12.3. The van der Waals surface area contributed by atoms with Gasteiger partial charge in [-0.2, -0.15) is 4.57 Å². The van der Waals surface area contributed by atoms with Crippen LogP contribution in [0.4, 0.5) is 0 Å². The number of nitrogens with zero attached hydrogens (tertiary/aromatic N) is 2. The molecule has 10 atom stereocenters. The van der Waals surface area contributed by atoms with E-state index in [4.69, 9.17) is 0 Å². The average molecular weight is 522 g/mol. The molecule has 4 heteroatoms. The van der Waals surface area contributed by atoms with Gasteiger partial charge in [-0.1, -0.05) is 41.2 Å². The Morgan fingerprint density at radius 1 is 0.868 bits per heavy atom. The van der Waals surface area contributed by atoms with Gasteiger partial charge >= 0.3 is 0 Å². The molecule has 0 aliphatic heterocycles. The van der Waals surface area contributed by atoms with Crippen molar-refractivity contribution in [2.75, 3.05) is 6.61 Å². The molecular formula is C34H53N2O2+. The van der Waals surface area contributed by atoms with Gasteiger partial charge in [0.05, 0.1) is 18.5 Å². The number of hydrogen-bond donors (Lipinski definition) is 2. The Balaban J connectivity index is 1.34.